The Balaban J connectivity index is 1.60. The molecule has 150 valence electrons. The van der Waals surface area contributed by atoms with Gasteiger partial charge in [-0.25, -0.2) is 4.98 Å². The van der Waals surface area contributed by atoms with E-state index in [4.69, 9.17) is 0 Å². The normalized spacial score (nSPS) is 11.9. The summed E-state index contributed by atoms with van der Waals surface area (Å²) in [4.78, 5) is 29.9. The van der Waals surface area contributed by atoms with Crippen LogP contribution in [0.5, 0.6) is 0 Å². The van der Waals surface area contributed by atoms with Crippen molar-refractivity contribution in [3.8, 4) is 11.1 Å². The summed E-state index contributed by atoms with van der Waals surface area (Å²) < 4.78 is 1.58. The first-order valence-corrected chi connectivity index (χ1v) is 10.4. The second kappa shape index (κ2) is 8.08. The summed E-state index contributed by atoms with van der Waals surface area (Å²) >= 11 is 1.46. The number of anilines is 1. The Morgan fingerprint density at radius 2 is 1.97 bits per heavy atom. The van der Waals surface area contributed by atoms with E-state index >= 15 is 0 Å². The largest absolute Gasteiger partial charge is 0.301 e. The minimum Gasteiger partial charge on any atom is -0.301 e. The summed E-state index contributed by atoms with van der Waals surface area (Å²) in [6.07, 6.45) is 4.80. The van der Waals surface area contributed by atoms with Crippen LogP contribution in [0, 0.1) is 6.92 Å². The molecule has 1 N–H and O–H groups in total. The molecule has 0 radical (unpaired) electrons. The molecule has 0 bridgehead atoms. The molecule has 0 aliphatic rings. The predicted octanol–water partition coefficient (Wildman–Crippen LogP) is 5.64. The molecule has 6 heteroatoms. The lowest BCUT2D eigenvalue weighted by molar-refractivity contribution is -0.117. The highest BCUT2D eigenvalue weighted by molar-refractivity contribution is 7.15. The summed E-state index contributed by atoms with van der Waals surface area (Å²) in [5.41, 5.74) is 3.81. The number of amides is 1. The monoisotopic (exact) mass is 415 g/mol. The van der Waals surface area contributed by atoms with E-state index in [-0.39, 0.29) is 17.7 Å². The molecular weight excluding hydrogens is 394 g/mol. The average Bonchev–Trinajstić information content (AvgIpc) is 3.38. The number of aryl methyl sites for hydroxylation is 1. The fraction of sp³-hybridized carbons (Fsp3) is 0.125. The number of nitrogens with one attached hydrogen (secondary N) is 1. The molecule has 5 nitrogen and oxygen atoms in total. The Morgan fingerprint density at radius 3 is 2.70 bits per heavy atom. The summed E-state index contributed by atoms with van der Waals surface area (Å²) in [5.74, 6) is -0.559. The van der Waals surface area contributed by atoms with Crippen LogP contribution in [0.1, 0.15) is 28.1 Å². The van der Waals surface area contributed by atoms with E-state index in [1.165, 1.54) is 17.4 Å². The molecule has 0 aliphatic heterocycles. The number of aromatic nitrogens is 2. The highest BCUT2D eigenvalue weighted by atomic mass is 32.1. The predicted molar refractivity (Wildman–Crippen MR) is 122 cm³/mol. The van der Waals surface area contributed by atoms with Gasteiger partial charge in [-0.3, -0.25) is 14.2 Å². The van der Waals surface area contributed by atoms with Gasteiger partial charge in [-0.15, -0.1) is 11.3 Å². The van der Waals surface area contributed by atoms with Gasteiger partial charge in [0.25, 0.3) is 5.91 Å². The SMILES string of the molecule is C=CC(=O)n1ccc2cc(-c3cccc(C(C)C(=O)Nc4ncc(C)s4)c3)ccc21. The van der Waals surface area contributed by atoms with E-state index in [0.717, 1.165) is 32.5 Å². The Morgan fingerprint density at radius 1 is 1.17 bits per heavy atom. The molecule has 30 heavy (non-hydrogen) atoms. The van der Waals surface area contributed by atoms with E-state index in [1.807, 2.05) is 62.4 Å². The molecule has 1 amide bonds. The van der Waals surface area contributed by atoms with Crippen LogP contribution in [-0.2, 0) is 4.79 Å². The lowest BCUT2D eigenvalue weighted by Crippen LogP contribution is -2.18. The Labute approximate surface area is 178 Å². The van der Waals surface area contributed by atoms with Crippen LogP contribution in [0.3, 0.4) is 0 Å². The Hall–Kier alpha value is -3.51. The third-order valence-corrected chi connectivity index (χ3v) is 5.90. The van der Waals surface area contributed by atoms with Gasteiger partial charge in [0.05, 0.1) is 11.4 Å². The van der Waals surface area contributed by atoms with Gasteiger partial charge in [0.2, 0.25) is 5.91 Å². The topological polar surface area (TPSA) is 64.0 Å². The lowest BCUT2D eigenvalue weighted by atomic mass is 9.95. The number of rotatable bonds is 5. The molecule has 4 rings (SSSR count). The minimum absolute atomic E-state index is 0.0861. The van der Waals surface area contributed by atoms with E-state index in [2.05, 4.69) is 16.9 Å². The summed E-state index contributed by atoms with van der Waals surface area (Å²) in [5, 5.41) is 4.47. The van der Waals surface area contributed by atoms with Gasteiger partial charge < -0.3 is 5.32 Å². The summed E-state index contributed by atoms with van der Waals surface area (Å²) in [6, 6.07) is 15.8. The summed E-state index contributed by atoms with van der Waals surface area (Å²) in [6.45, 7) is 7.39. The van der Waals surface area contributed by atoms with Crippen molar-refractivity contribution in [3.63, 3.8) is 0 Å². The van der Waals surface area contributed by atoms with Crippen LogP contribution in [0.2, 0.25) is 0 Å². The molecule has 0 aliphatic carbocycles. The van der Waals surface area contributed by atoms with Gasteiger partial charge in [-0.05, 0) is 54.8 Å². The van der Waals surface area contributed by atoms with E-state index in [1.54, 1.807) is 17.0 Å². The van der Waals surface area contributed by atoms with Crippen molar-refractivity contribution in [2.45, 2.75) is 19.8 Å². The molecule has 2 aromatic heterocycles. The van der Waals surface area contributed by atoms with Crippen LogP contribution in [0.15, 0.2) is 73.6 Å². The zero-order chi connectivity index (χ0) is 21.3. The fourth-order valence-corrected chi connectivity index (χ4v) is 4.05. The number of benzene rings is 2. The smallest absolute Gasteiger partial charge is 0.254 e. The van der Waals surface area contributed by atoms with Gasteiger partial charge >= 0.3 is 0 Å². The molecule has 0 spiro atoms. The fourth-order valence-electron chi connectivity index (χ4n) is 3.38. The lowest BCUT2D eigenvalue weighted by Gasteiger charge is -2.13. The highest BCUT2D eigenvalue weighted by Crippen LogP contribution is 2.28. The number of hydrogen-bond acceptors (Lipinski definition) is 4. The van der Waals surface area contributed by atoms with Crippen LogP contribution in [-0.4, -0.2) is 21.4 Å². The van der Waals surface area contributed by atoms with Crippen LogP contribution < -0.4 is 5.32 Å². The number of fused-ring (bicyclic) bond motifs is 1. The second-order valence-corrected chi connectivity index (χ2v) is 8.35. The third kappa shape index (κ3) is 3.82. The van der Waals surface area contributed by atoms with Crippen molar-refractivity contribution in [1.29, 1.82) is 0 Å². The van der Waals surface area contributed by atoms with Crippen molar-refractivity contribution in [3.05, 3.63) is 84.0 Å². The van der Waals surface area contributed by atoms with Crippen molar-refractivity contribution >= 4 is 39.2 Å². The van der Waals surface area contributed by atoms with Crippen LogP contribution >= 0.6 is 11.3 Å². The number of allylic oxidation sites excluding steroid dienone is 1. The number of thiazole rings is 1. The maximum atomic E-state index is 12.7. The Bertz CT molecular complexity index is 1270. The highest BCUT2D eigenvalue weighted by Gasteiger charge is 2.17. The third-order valence-electron chi connectivity index (χ3n) is 5.07. The van der Waals surface area contributed by atoms with Crippen molar-refractivity contribution in [2.75, 3.05) is 5.32 Å². The van der Waals surface area contributed by atoms with Gasteiger partial charge in [-0.1, -0.05) is 36.9 Å². The van der Waals surface area contributed by atoms with Gasteiger partial charge in [0.1, 0.15) is 0 Å². The molecule has 1 atom stereocenters. The number of hydrogen-bond donors (Lipinski definition) is 1. The average molecular weight is 416 g/mol. The van der Waals surface area contributed by atoms with Gasteiger partial charge in [0, 0.05) is 22.7 Å². The maximum Gasteiger partial charge on any atom is 0.254 e. The van der Waals surface area contributed by atoms with Crippen molar-refractivity contribution < 1.29 is 9.59 Å². The van der Waals surface area contributed by atoms with E-state index in [0.29, 0.717) is 5.13 Å². The molecular formula is C24H21N3O2S. The molecule has 0 saturated heterocycles. The van der Waals surface area contributed by atoms with Crippen molar-refractivity contribution in [2.24, 2.45) is 0 Å². The zero-order valence-electron chi connectivity index (χ0n) is 16.8. The second-order valence-electron chi connectivity index (χ2n) is 7.11. The molecule has 2 aromatic carbocycles. The van der Waals surface area contributed by atoms with E-state index in [9.17, 15) is 9.59 Å². The zero-order valence-corrected chi connectivity index (χ0v) is 17.6. The maximum absolute atomic E-state index is 12.7. The van der Waals surface area contributed by atoms with Crippen LogP contribution in [0.4, 0.5) is 5.13 Å². The van der Waals surface area contributed by atoms with Crippen molar-refractivity contribution in [1.82, 2.24) is 9.55 Å². The first kappa shape index (κ1) is 19.8. The quantitative estimate of drug-likeness (QED) is 0.429. The number of nitrogens with zero attached hydrogens (tertiary/aromatic N) is 2. The standard InChI is InChI=1S/C24H21N3O2S/c1-4-22(28)27-11-10-20-13-19(8-9-21(20)27)18-7-5-6-17(12-18)16(3)23(29)26-24-25-14-15(2)30-24/h4-14,16H,1H2,2-3H3,(H,25,26,29). The molecule has 0 saturated carbocycles. The first-order chi connectivity index (χ1) is 14.5. The molecule has 1 unspecified atom stereocenters. The first-order valence-electron chi connectivity index (χ1n) is 9.58. The molecule has 4 aromatic rings. The number of carbonyl (C=O) groups is 2. The van der Waals surface area contributed by atoms with Gasteiger partial charge in [-0.2, -0.15) is 0 Å². The van der Waals surface area contributed by atoms with Crippen LogP contribution in [0.25, 0.3) is 22.0 Å². The summed E-state index contributed by atoms with van der Waals surface area (Å²) in [7, 11) is 0. The molecule has 2 heterocycles. The number of carbonyl (C=O) groups excluding carboxylic acids is 2. The minimum atomic E-state index is -0.316. The molecule has 0 fully saturated rings. The van der Waals surface area contributed by atoms with E-state index < -0.39 is 0 Å². The Kier molecular flexibility index (Phi) is 5.33. The van der Waals surface area contributed by atoms with Gasteiger partial charge in [0.15, 0.2) is 5.13 Å².